The molecule has 19 N–H and O–H groups in total. The van der Waals surface area contributed by atoms with Crippen molar-refractivity contribution >= 4 is 129 Å². The fraction of sp³-hybridized carbons (Fsp3) is 0.451. The third-order valence-corrected chi connectivity index (χ3v) is 24.4. The Labute approximate surface area is 773 Å². The van der Waals surface area contributed by atoms with Gasteiger partial charge in [0.1, 0.15) is 84.3 Å². The fourth-order valence-corrected chi connectivity index (χ4v) is 17.0. The predicted molar refractivity (Wildman–Crippen MR) is 478 cm³/mol. The predicted octanol–water partition coefficient (Wildman–Crippen LogP) is -1.64. The van der Waals surface area contributed by atoms with Crippen molar-refractivity contribution in [1.82, 2.24) is 77.3 Å². The molecule has 720 valence electrons. The van der Waals surface area contributed by atoms with Crippen LogP contribution in [0.4, 0.5) is 8.78 Å². The minimum atomic E-state index is -2.07. The molecule has 40 nitrogen and oxygen atoms in total. The number of nitrogens with two attached hydrogens (primary N) is 2. The van der Waals surface area contributed by atoms with E-state index in [9.17, 15) is 73.1 Å². The number of primary amides is 2. The van der Waals surface area contributed by atoms with Crippen LogP contribution in [0.2, 0.25) is 0 Å². The molecule has 6 aromatic rings. The number of aliphatic carboxylic acids is 2. The van der Waals surface area contributed by atoms with Gasteiger partial charge in [0.2, 0.25) is 94.5 Å². The van der Waals surface area contributed by atoms with Crippen molar-refractivity contribution in [3.05, 3.63) is 173 Å². The van der Waals surface area contributed by atoms with Gasteiger partial charge in [0, 0.05) is 108 Å². The molecule has 134 heavy (non-hydrogen) atoms. The van der Waals surface area contributed by atoms with Crippen LogP contribution < -0.4 is 59.3 Å². The van der Waals surface area contributed by atoms with Gasteiger partial charge in [-0.2, -0.15) is 0 Å². The molecule has 0 saturated carbocycles. The normalized spacial score (nSPS) is 24.5. The van der Waals surface area contributed by atoms with Gasteiger partial charge in [-0.1, -0.05) is 131 Å². The largest absolute Gasteiger partial charge is 0.508 e. The lowest BCUT2D eigenvalue weighted by Gasteiger charge is -2.38. The zero-order valence-corrected chi connectivity index (χ0v) is 75.3. The maximum absolute atomic E-state index is 15.7. The van der Waals surface area contributed by atoms with E-state index in [1.54, 1.807) is 91.9 Å². The summed E-state index contributed by atoms with van der Waals surface area (Å²) in [6, 6.07) is 7.40. The number of rotatable bonds is 24. The summed E-state index contributed by atoms with van der Waals surface area (Å²) in [4.78, 5) is 270. The average Bonchev–Trinajstić information content (AvgIpc) is 1.59. The fourth-order valence-electron chi connectivity index (χ4n) is 16.1. The van der Waals surface area contributed by atoms with Crippen LogP contribution in [0.15, 0.2) is 134 Å². The number of phenolic OH excluding ortho intramolecular Hbond substituents is 1. The number of aliphatic hydroxyl groups excluding tert-OH is 2. The Bertz CT molecular complexity index is 5290. The zero-order chi connectivity index (χ0) is 98.1. The minimum Gasteiger partial charge on any atom is -0.508 e. The molecule has 0 spiro atoms. The first kappa shape index (κ1) is 104. The molecular weight excluding hydrogens is 1770 g/mol. The number of para-hydroxylation sites is 1. The number of fused-ring (bicyclic) bond motifs is 3. The van der Waals surface area contributed by atoms with Crippen molar-refractivity contribution < 1.29 is 121 Å². The second-order valence-electron chi connectivity index (χ2n) is 33.7. The number of nitrogens with zero attached hydrogens (tertiary/aromatic N) is 5. The third kappa shape index (κ3) is 28.8. The van der Waals surface area contributed by atoms with Gasteiger partial charge < -0.3 is 114 Å². The van der Waals surface area contributed by atoms with Crippen LogP contribution in [0.1, 0.15) is 106 Å². The van der Waals surface area contributed by atoms with Gasteiger partial charge in [-0.3, -0.25) is 86.3 Å². The third-order valence-electron chi connectivity index (χ3n) is 23.4. The topological polar surface area (TPSA) is 601 Å². The number of halogens is 2. The number of unbranched alkanes of at least 4 members (excludes halogenated alkanes) is 1. The van der Waals surface area contributed by atoms with Crippen LogP contribution in [-0.2, 0) is 118 Å². The number of aromatic amines is 1. The molecule has 3 aliphatic rings. The molecule has 3 fully saturated rings. The van der Waals surface area contributed by atoms with Gasteiger partial charge in [0.05, 0.1) is 37.3 Å². The highest BCUT2D eigenvalue weighted by atomic mass is 32.2. The van der Waals surface area contributed by atoms with Crippen LogP contribution in [0, 0.1) is 17.6 Å². The first-order chi connectivity index (χ1) is 63.6. The number of carbonyl (C=O) groups excluding carboxylic acids is 16. The molecule has 0 bridgehead atoms. The highest BCUT2D eigenvalue weighted by molar-refractivity contribution is 8.00. The van der Waals surface area contributed by atoms with E-state index >= 15 is 47.5 Å². The van der Waals surface area contributed by atoms with Crippen molar-refractivity contribution in [1.29, 1.82) is 0 Å². The highest BCUT2D eigenvalue weighted by Crippen LogP contribution is 2.29. The lowest BCUT2D eigenvalue weighted by atomic mass is 9.98. The number of carboxylic acid groups (broad SMARTS) is 2. The van der Waals surface area contributed by atoms with Crippen molar-refractivity contribution in [2.45, 2.75) is 201 Å². The van der Waals surface area contributed by atoms with E-state index in [1.165, 1.54) is 58.4 Å². The minimum absolute atomic E-state index is 0.0688. The number of likely N-dealkylation sites (N-methyl/N-ethyl adjacent to an activating group) is 3. The Balaban J connectivity index is 1.14. The summed E-state index contributed by atoms with van der Waals surface area (Å²) in [5.74, 6) is -26.3. The SMILES string of the molecule is CCCC[C@H]1C(=O)N2C[C@H](O)C[C@@H]2C(=O)N[C@@H](CC(=O)O)C(=O)N[C@@H](C(C)C)C(=O)N(C)[C@@H](Cc2ccccc2)C(=O)N[C@@H](CC(N)=O)C(=O)N2C[C@H](O)C[C@@H]2C(=O)N[C@@H](Cc2c[nH]c3ccccc23)C(=O)NC(Cc2ccc(O)cc2)C(=O)N[C@@H](CCC(=O)O)C(=O)N[C@H](C(=O)NCC(N)=O)CSCC(=O)N[C@@H](Cc2ccc(F)c(F)c2)C(=O)N(C)[C@@H](Cc2ccccc2)C(=O)N1C. The van der Waals surface area contributed by atoms with E-state index in [0.717, 1.165) is 49.7 Å². The summed E-state index contributed by atoms with van der Waals surface area (Å²) < 4.78 is 29.8. The number of aromatic hydroxyl groups is 1. The number of aromatic nitrogens is 1. The van der Waals surface area contributed by atoms with Gasteiger partial charge in [-0.05, 0) is 76.9 Å². The number of phenols is 1. The first-order valence-corrected chi connectivity index (χ1v) is 44.6. The number of hydrogen-bond donors (Lipinski definition) is 17. The molecule has 4 heterocycles. The van der Waals surface area contributed by atoms with Crippen molar-refractivity contribution in [2.75, 3.05) is 52.3 Å². The van der Waals surface area contributed by atoms with E-state index in [1.807, 2.05) is 0 Å². The Kier molecular flexibility index (Phi) is 37.5. The van der Waals surface area contributed by atoms with Crippen molar-refractivity contribution in [3.8, 4) is 5.75 Å². The maximum atomic E-state index is 15.7. The van der Waals surface area contributed by atoms with E-state index < -0.39 is 304 Å². The molecule has 0 radical (unpaired) electrons. The van der Waals surface area contributed by atoms with Crippen LogP contribution in [0.5, 0.6) is 5.75 Å². The number of hydrogen-bond acceptors (Lipinski definition) is 22. The van der Waals surface area contributed by atoms with Crippen LogP contribution in [0.3, 0.4) is 0 Å². The molecule has 1 aromatic heterocycles. The van der Waals surface area contributed by atoms with Gasteiger partial charge in [0.25, 0.3) is 0 Å². The summed E-state index contributed by atoms with van der Waals surface area (Å²) >= 11 is 0.609. The molecule has 3 aliphatic heterocycles. The summed E-state index contributed by atoms with van der Waals surface area (Å²) in [5.41, 5.74) is 13.1. The highest BCUT2D eigenvalue weighted by Gasteiger charge is 2.48. The molecule has 16 amide bonds. The second kappa shape index (κ2) is 48.4. The van der Waals surface area contributed by atoms with Gasteiger partial charge in [0.15, 0.2) is 11.6 Å². The Morgan fingerprint density at radius 3 is 1.59 bits per heavy atom. The molecule has 0 aliphatic carbocycles. The monoisotopic (exact) mass is 1880 g/mol. The quantitative estimate of drug-likeness (QED) is 0.0323. The van der Waals surface area contributed by atoms with Gasteiger partial charge in [-0.25, -0.2) is 8.78 Å². The van der Waals surface area contributed by atoms with Gasteiger partial charge in [-0.15, -0.1) is 11.8 Å². The lowest BCUT2D eigenvalue weighted by molar-refractivity contribution is -0.152. The lowest BCUT2D eigenvalue weighted by Crippen LogP contribution is -2.62. The van der Waals surface area contributed by atoms with Crippen LogP contribution >= 0.6 is 11.8 Å². The maximum Gasteiger partial charge on any atom is 0.305 e. The average molecular weight is 1880 g/mol. The molecule has 5 aromatic carbocycles. The number of amides is 16. The van der Waals surface area contributed by atoms with Crippen LogP contribution in [0.25, 0.3) is 10.9 Å². The second-order valence-corrected chi connectivity index (χ2v) is 34.7. The standard InChI is InChI=1S/C91H113F2N17O23S/c1-7-8-23-68-90(132)110-45-56(113)39-71(110)86(128)102-64(41-77(119)120)83(125)105-78(48(2)3)91(133)107(5)69(35-49-17-11-9-12-18-49)84(126)103-66(40-73(94)114)88(130)109-44-55(112)38-70(109)85(127)101-63(37-53-42-96-60-22-16-15-21-57(53)60)82(124)100-62(33-51-24-27-54(111)28-25-51)81(123)99-61(30-31-76(117)118)80(122)104-67(79(121)97-43-74(95)115)46-134-47-75(116)98-65(34-52-26-29-58(92)59(93)32-52)87(129)108(6)72(89(131)106(68)4)36-50-19-13-10-14-20-50/h9-22,24-29,32,42,48,55-56,61-72,78,96,111-113H,7-8,23,30-31,33-41,43-47H2,1-6H3,(H2,94,114)(H2,95,115)(H,97,121)(H,98,116)(H,99,123)(H,100,124)(H,101,127)(H,102,128)(H,103,126)(H,104,122)(H,105,125)(H,117,118)(H,119,120)/t55-,56-,61+,62?,63+,64+,65+,66+,67+,68+,69+,70-,71-,72+,78+/m1/s1. The Hall–Kier alpha value is -14.0. The van der Waals surface area contributed by atoms with Crippen molar-refractivity contribution in [3.63, 3.8) is 0 Å². The molecule has 3 saturated heterocycles. The van der Waals surface area contributed by atoms with E-state index in [-0.39, 0.29) is 42.6 Å². The number of carbonyl (C=O) groups is 18. The zero-order valence-electron chi connectivity index (χ0n) is 74.5. The van der Waals surface area contributed by atoms with Gasteiger partial charge >= 0.3 is 11.9 Å². The molecule has 43 heteroatoms. The Morgan fingerprint density at radius 2 is 1.01 bits per heavy atom. The summed E-state index contributed by atoms with van der Waals surface area (Å²) in [7, 11) is 3.59. The molecule has 15 atom stereocenters. The number of benzene rings is 5. The number of carboxylic acids is 2. The number of aliphatic hydroxyl groups is 2. The number of thioether (sulfide) groups is 1. The van der Waals surface area contributed by atoms with Crippen molar-refractivity contribution in [2.24, 2.45) is 17.4 Å². The van der Waals surface area contributed by atoms with Crippen LogP contribution in [-0.4, -0.2) is 305 Å². The number of H-pyrrole nitrogens is 1. The molecule has 1 unspecified atom stereocenters. The summed E-state index contributed by atoms with van der Waals surface area (Å²) in [6.07, 6.45) is -8.00. The molecule has 9 rings (SSSR count). The number of nitrogens with one attached hydrogen (secondary N) is 10. The summed E-state index contributed by atoms with van der Waals surface area (Å²) in [6.45, 7) is 2.65. The van der Waals surface area contributed by atoms with E-state index in [4.69, 9.17) is 11.5 Å². The molecular formula is C91H113F2N17O23S. The summed E-state index contributed by atoms with van der Waals surface area (Å²) in [5, 5.41) is 76.5. The van der Waals surface area contributed by atoms with E-state index in [2.05, 4.69) is 52.8 Å². The first-order valence-electron chi connectivity index (χ1n) is 43.5. The van der Waals surface area contributed by atoms with E-state index in [0.29, 0.717) is 45.8 Å². The Morgan fingerprint density at radius 1 is 0.493 bits per heavy atom. The smallest absolute Gasteiger partial charge is 0.305 e.